The smallest absolute Gasteiger partial charge is 0.323 e. The van der Waals surface area contributed by atoms with Gasteiger partial charge in [-0.3, -0.25) is 14.7 Å². The number of hydrogen-bond donors (Lipinski definition) is 2. The third-order valence-electron chi connectivity index (χ3n) is 5.42. The monoisotopic (exact) mass is 344 g/mol. The highest BCUT2D eigenvalue weighted by atomic mass is 16.2. The molecule has 3 rings (SSSR count). The second-order valence-corrected chi connectivity index (χ2v) is 7.61. The molecule has 0 aromatic carbocycles. The van der Waals surface area contributed by atoms with Crippen molar-refractivity contribution in [1.82, 2.24) is 20.5 Å². The van der Waals surface area contributed by atoms with E-state index in [1.165, 1.54) is 4.90 Å². The lowest BCUT2D eigenvalue weighted by Gasteiger charge is -2.38. The van der Waals surface area contributed by atoms with Gasteiger partial charge in [0.2, 0.25) is 0 Å². The SMILES string of the molecule is CC(C)CC[C@]1(C2CCNCC2)NC(=O)N(Cc2cccnc2)C1=O. The van der Waals surface area contributed by atoms with Gasteiger partial charge in [0.15, 0.2) is 0 Å². The van der Waals surface area contributed by atoms with Gasteiger partial charge in [-0.1, -0.05) is 19.9 Å². The summed E-state index contributed by atoms with van der Waals surface area (Å²) in [5.74, 6) is 0.632. The van der Waals surface area contributed by atoms with E-state index in [2.05, 4.69) is 29.5 Å². The van der Waals surface area contributed by atoms with Crippen LogP contribution in [0.2, 0.25) is 0 Å². The van der Waals surface area contributed by atoms with Crippen LogP contribution in [-0.2, 0) is 11.3 Å². The average molecular weight is 344 g/mol. The molecule has 3 heterocycles. The van der Waals surface area contributed by atoms with E-state index in [9.17, 15) is 9.59 Å². The molecular formula is C19H28N4O2. The zero-order valence-electron chi connectivity index (χ0n) is 15.1. The van der Waals surface area contributed by atoms with Gasteiger partial charge >= 0.3 is 6.03 Å². The van der Waals surface area contributed by atoms with Gasteiger partial charge in [-0.15, -0.1) is 0 Å². The maximum absolute atomic E-state index is 13.4. The topological polar surface area (TPSA) is 74.3 Å². The molecule has 0 saturated carbocycles. The van der Waals surface area contributed by atoms with Crippen LogP contribution in [0.15, 0.2) is 24.5 Å². The Bertz CT molecular complexity index is 613. The number of rotatable bonds is 6. The van der Waals surface area contributed by atoms with Crippen molar-refractivity contribution in [2.24, 2.45) is 11.8 Å². The fourth-order valence-corrected chi connectivity index (χ4v) is 3.94. The molecule has 0 aliphatic carbocycles. The van der Waals surface area contributed by atoms with E-state index in [0.717, 1.165) is 37.9 Å². The Morgan fingerprint density at radius 1 is 1.32 bits per heavy atom. The van der Waals surface area contributed by atoms with Gasteiger partial charge in [-0.2, -0.15) is 0 Å². The first-order valence-electron chi connectivity index (χ1n) is 9.26. The van der Waals surface area contributed by atoms with Crippen LogP contribution in [0.25, 0.3) is 0 Å². The van der Waals surface area contributed by atoms with Crippen LogP contribution >= 0.6 is 0 Å². The first-order valence-corrected chi connectivity index (χ1v) is 9.26. The number of amides is 3. The number of nitrogens with one attached hydrogen (secondary N) is 2. The Morgan fingerprint density at radius 2 is 2.08 bits per heavy atom. The van der Waals surface area contributed by atoms with E-state index in [4.69, 9.17) is 0 Å². The first kappa shape index (κ1) is 17.9. The van der Waals surface area contributed by atoms with E-state index in [1.807, 2.05) is 12.1 Å². The molecule has 2 N–H and O–H groups in total. The summed E-state index contributed by atoms with van der Waals surface area (Å²) in [7, 11) is 0. The van der Waals surface area contributed by atoms with Gasteiger partial charge < -0.3 is 10.6 Å². The molecule has 1 atom stereocenters. The molecule has 6 nitrogen and oxygen atoms in total. The number of hydrogen-bond acceptors (Lipinski definition) is 4. The second kappa shape index (κ2) is 7.52. The van der Waals surface area contributed by atoms with Crippen molar-refractivity contribution in [1.29, 1.82) is 0 Å². The normalized spacial score (nSPS) is 24.8. The van der Waals surface area contributed by atoms with Crippen LogP contribution in [0, 0.1) is 11.8 Å². The van der Waals surface area contributed by atoms with Crippen molar-refractivity contribution in [3.8, 4) is 0 Å². The Morgan fingerprint density at radius 3 is 2.72 bits per heavy atom. The molecule has 2 saturated heterocycles. The largest absolute Gasteiger partial charge is 0.325 e. The van der Waals surface area contributed by atoms with Crippen molar-refractivity contribution in [3.05, 3.63) is 30.1 Å². The summed E-state index contributed by atoms with van der Waals surface area (Å²) in [6.07, 6.45) is 6.88. The highest BCUT2D eigenvalue weighted by Crippen LogP contribution is 2.37. The lowest BCUT2D eigenvalue weighted by atomic mass is 9.74. The molecule has 25 heavy (non-hydrogen) atoms. The average Bonchev–Trinajstić information content (AvgIpc) is 2.87. The third kappa shape index (κ3) is 3.68. The van der Waals surface area contributed by atoms with Crippen LogP contribution in [-0.4, -0.2) is 40.5 Å². The zero-order valence-corrected chi connectivity index (χ0v) is 15.1. The summed E-state index contributed by atoms with van der Waals surface area (Å²) in [5.41, 5.74) is 0.127. The summed E-state index contributed by atoms with van der Waals surface area (Å²) >= 11 is 0. The van der Waals surface area contributed by atoms with Crippen molar-refractivity contribution in [2.75, 3.05) is 13.1 Å². The first-order chi connectivity index (χ1) is 12.0. The number of piperidine rings is 1. The third-order valence-corrected chi connectivity index (χ3v) is 5.42. The predicted molar refractivity (Wildman–Crippen MR) is 95.7 cm³/mol. The lowest BCUT2D eigenvalue weighted by molar-refractivity contribution is -0.134. The van der Waals surface area contributed by atoms with E-state index in [0.29, 0.717) is 12.3 Å². The Labute approximate surface area is 149 Å². The molecule has 0 spiro atoms. The zero-order chi connectivity index (χ0) is 17.9. The molecule has 6 heteroatoms. The highest BCUT2D eigenvalue weighted by molar-refractivity contribution is 6.07. The van der Waals surface area contributed by atoms with E-state index in [-0.39, 0.29) is 24.4 Å². The van der Waals surface area contributed by atoms with Crippen molar-refractivity contribution >= 4 is 11.9 Å². The van der Waals surface area contributed by atoms with Gasteiger partial charge in [-0.05, 0) is 62.2 Å². The van der Waals surface area contributed by atoms with Gasteiger partial charge in [0.05, 0.1) is 6.54 Å². The van der Waals surface area contributed by atoms with Gasteiger partial charge in [-0.25, -0.2) is 4.79 Å². The summed E-state index contributed by atoms with van der Waals surface area (Å²) in [6, 6.07) is 3.45. The number of nitrogens with zero attached hydrogens (tertiary/aromatic N) is 2. The Hall–Kier alpha value is -1.95. The Balaban J connectivity index is 1.84. The standard InChI is InChI=1S/C19H28N4O2/c1-14(2)5-8-19(16-6-10-20-11-7-16)17(24)23(18(25)22-19)13-15-4-3-9-21-12-15/h3-4,9,12,14,16,20H,5-8,10-11,13H2,1-2H3,(H,22,25)/t19-/m1/s1. The van der Waals surface area contributed by atoms with Crippen LogP contribution < -0.4 is 10.6 Å². The molecule has 2 aliphatic heterocycles. The van der Waals surface area contributed by atoms with Crippen LogP contribution in [0.3, 0.4) is 0 Å². The number of imide groups is 1. The van der Waals surface area contributed by atoms with Crippen molar-refractivity contribution in [3.63, 3.8) is 0 Å². The van der Waals surface area contributed by atoms with E-state index >= 15 is 0 Å². The minimum Gasteiger partial charge on any atom is -0.323 e. The quantitative estimate of drug-likeness (QED) is 0.777. The van der Waals surface area contributed by atoms with Gasteiger partial charge in [0.25, 0.3) is 5.91 Å². The van der Waals surface area contributed by atoms with Gasteiger partial charge in [0, 0.05) is 12.4 Å². The number of aromatic nitrogens is 1. The molecular weight excluding hydrogens is 316 g/mol. The second-order valence-electron chi connectivity index (χ2n) is 7.61. The number of pyridine rings is 1. The van der Waals surface area contributed by atoms with E-state index in [1.54, 1.807) is 12.4 Å². The molecule has 1 aromatic rings. The van der Waals surface area contributed by atoms with Crippen LogP contribution in [0.5, 0.6) is 0 Å². The Kier molecular flexibility index (Phi) is 5.37. The minimum absolute atomic E-state index is 0.0612. The predicted octanol–water partition coefficient (Wildman–Crippen LogP) is 2.31. The van der Waals surface area contributed by atoms with E-state index < -0.39 is 5.54 Å². The van der Waals surface area contributed by atoms with Crippen molar-refractivity contribution < 1.29 is 9.59 Å². The maximum Gasteiger partial charge on any atom is 0.325 e. The van der Waals surface area contributed by atoms with Crippen LogP contribution in [0.1, 0.15) is 45.1 Å². The van der Waals surface area contributed by atoms with Gasteiger partial charge in [0.1, 0.15) is 5.54 Å². The minimum atomic E-state index is -0.744. The van der Waals surface area contributed by atoms with Crippen LogP contribution in [0.4, 0.5) is 4.79 Å². The lowest BCUT2D eigenvalue weighted by Crippen LogP contribution is -2.55. The maximum atomic E-state index is 13.4. The summed E-state index contributed by atoms with van der Waals surface area (Å²) in [4.78, 5) is 31.5. The molecule has 3 amide bonds. The van der Waals surface area contributed by atoms with Crippen molar-refractivity contribution in [2.45, 2.75) is 51.6 Å². The molecule has 0 unspecified atom stereocenters. The molecule has 1 aromatic heterocycles. The number of urea groups is 1. The number of carbonyl (C=O) groups is 2. The molecule has 0 bridgehead atoms. The molecule has 136 valence electrons. The fraction of sp³-hybridized carbons (Fsp3) is 0.632. The highest BCUT2D eigenvalue weighted by Gasteiger charge is 2.55. The summed E-state index contributed by atoms with van der Waals surface area (Å²) in [5, 5.41) is 6.45. The summed E-state index contributed by atoms with van der Waals surface area (Å²) < 4.78 is 0. The molecule has 2 fully saturated rings. The number of carbonyl (C=O) groups excluding carboxylic acids is 2. The molecule has 2 aliphatic rings. The summed E-state index contributed by atoms with van der Waals surface area (Å²) in [6.45, 7) is 6.40. The fourth-order valence-electron chi connectivity index (χ4n) is 3.94. The molecule has 0 radical (unpaired) electrons.